The van der Waals surface area contributed by atoms with Gasteiger partial charge in [0.05, 0.1) is 12.8 Å². The van der Waals surface area contributed by atoms with Crippen LogP contribution in [0.5, 0.6) is 0 Å². The molecule has 1 rings (SSSR count). The van der Waals surface area contributed by atoms with Crippen LogP contribution in [-0.4, -0.2) is 34.9 Å². The fourth-order valence-corrected chi connectivity index (χ4v) is 1.22. The molecule has 0 saturated heterocycles. The lowest BCUT2D eigenvalue weighted by Crippen LogP contribution is -2.26. The molecule has 19 heavy (non-hydrogen) atoms. The van der Waals surface area contributed by atoms with E-state index in [9.17, 15) is 14.4 Å². The van der Waals surface area contributed by atoms with Crippen molar-refractivity contribution in [2.24, 2.45) is 0 Å². The van der Waals surface area contributed by atoms with Crippen LogP contribution in [0.15, 0.2) is 0 Å². The minimum atomic E-state index is -1.18. The number of rotatable bonds is 2. The molecular weight excluding hydrogens is 301 g/mol. The van der Waals surface area contributed by atoms with Crippen LogP contribution in [0, 0.1) is 6.92 Å². The molecule has 10 heteroatoms. The van der Waals surface area contributed by atoms with Gasteiger partial charge in [-0.05, 0) is 6.92 Å². The average Bonchev–Trinajstić information content (AvgIpc) is 2.40. The summed E-state index contributed by atoms with van der Waals surface area (Å²) in [5.74, 6) is -3.75. The number of hydrogen-bond acceptors (Lipinski definition) is 7. The number of nitrogens with zero attached hydrogens (tertiary/aromatic N) is 2. The van der Waals surface area contributed by atoms with E-state index < -0.39 is 23.5 Å². The maximum atomic E-state index is 11.4. The van der Waals surface area contributed by atoms with Crippen molar-refractivity contribution in [3.63, 3.8) is 0 Å². The van der Waals surface area contributed by atoms with Crippen LogP contribution in [-0.2, 0) is 18.6 Å². The summed E-state index contributed by atoms with van der Waals surface area (Å²) in [6.07, 6.45) is 0. The quantitative estimate of drug-likeness (QED) is 0.637. The van der Waals surface area contributed by atoms with Gasteiger partial charge in [-0.3, -0.25) is 10.1 Å². The van der Waals surface area contributed by atoms with Crippen LogP contribution in [0.2, 0.25) is 5.15 Å². The fourth-order valence-electron chi connectivity index (χ4n) is 1.02. The Morgan fingerprint density at radius 3 is 2.42 bits per heavy atom. The number of esters is 1. The number of ether oxygens (including phenoxy) is 1. The Morgan fingerprint density at radius 1 is 1.26 bits per heavy atom. The van der Waals surface area contributed by atoms with Gasteiger partial charge in [-0.15, -0.1) is 0 Å². The van der Waals surface area contributed by atoms with E-state index in [1.54, 1.807) is 0 Å². The smallest absolute Gasteiger partial charge is 0.396 e. The van der Waals surface area contributed by atoms with E-state index in [4.69, 9.17) is 23.5 Å². The molecule has 1 heterocycles. The molecule has 0 bridgehead atoms. The molecule has 0 aliphatic rings. The van der Waals surface area contributed by atoms with Crippen LogP contribution in [0.3, 0.4) is 0 Å². The standard InChI is InChI=1S/C9H7Cl2N3O5/c1-3-5(10)13-6(4(12-3)8(16)19-11)14-7(15)9(17)18-2/h1-2H3,(H,13,14,15). The predicted octanol–water partition coefficient (Wildman–Crippen LogP) is 0.861. The van der Waals surface area contributed by atoms with E-state index in [1.807, 2.05) is 5.32 Å². The van der Waals surface area contributed by atoms with E-state index in [1.165, 1.54) is 6.92 Å². The van der Waals surface area contributed by atoms with Crippen LogP contribution in [0.4, 0.5) is 5.82 Å². The Hall–Kier alpha value is -1.93. The summed E-state index contributed by atoms with van der Waals surface area (Å²) in [6, 6.07) is 0. The molecule has 0 unspecified atom stereocenters. The summed E-state index contributed by atoms with van der Waals surface area (Å²) in [5.41, 5.74) is -0.177. The summed E-state index contributed by atoms with van der Waals surface area (Å²) < 4.78 is 8.15. The molecule has 0 aliphatic carbocycles. The van der Waals surface area contributed by atoms with Gasteiger partial charge in [0.2, 0.25) is 0 Å². The summed E-state index contributed by atoms with van der Waals surface area (Å²) in [5, 5.41) is 1.95. The van der Waals surface area contributed by atoms with Gasteiger partial charge >= 0.3 is 17.8 Å². The number of aryl methyl sites for hydroxylation is 1. The van der Waals surface area contributed by atoms with Gasteiger partial charge in [0.15, 0.2) is 16.7 Å². The maximum Gasteiger partial charge on any atom is 0.396 e. The minimum Gasteiger partial charge on any atom is -0.462 e. The lowest BCUT2D eigenvalue weighted by atomic mass is 10.3. The number of anilines is 1. The number of hydrogen-bond donors (Lipinski definition) is 1. The van der Waals surface area contributed by atoms with E-state index in [-0.39, 0.29) is 16.7 Å². The van der Waals surface area contributed by atoms with Crippen molar-refractivity contribution in [1.82, 2.24) is 9.97 Å². The second-order valence-corrected chi connectivity index (χ2v) is 3.62. The third kappa shape index (κ3) is 3.52. The summed E-state index contributed by atoms with van der Waals surface area (Å²) in [4.78, 5) is 41.1. The number of nitrogens with one attached hydrogen (secondary N) is 1. The number of carbonyl (C=O) groups excluding carboxylic acids is 3. The SMILES string of the molecule is COC(=O)C(=O)Nc1nc(Cl)c(C)nc1C(=O)OCl. The molecule has 0 aliphatic heterocycles. The first-order valence-electron chi connectivity index (χ1n) is 4.67. The molecule has 1 N–H and O–H groups in total. The van der Waals surface area contributed by atoms with E-state index >= 15 is 0 Å². The highest BCUT2D eigenvalue weighted by atomic mass is 35.5. The monoisotopic (exact) mass is 307 g/mol. The van der Waals surface area contributed by atoms with Crippen molar-refractivity contribution >= 4 is 47.1 Å². The van der Waals surface area contributed by atoms with Gasteiger partial charge in [0.1, 0.15) is 11.9 Å². The highest BCUT2D eigenvalue weighted by molar-refractivity contribution is 6.37. The molecule has 0 atom stereocenters. The topological polar surface area (TPSA) is 107 Å². The molecule has 1 aromatic rings. The van der Waals surface area contributed by atoms with Gasteiger partial charge in [-0.25, -0.2) is 19.6 Å². The number of amides is 1. The normalized spacial score (nSPS) is 9.68. The van der Waals surface area contributed by atoms with Gasteiger partial charge < -0.3 is 9.03 Å². The number of methoxy groups -OCH3 is 1. The van der Waals surface area contributed by atoms with Crippen molar-refractivity contribution < 1.29 is 23.4 Å². The zero-order valence-electron chi connectivity index (χ0n) is 9.69. The molecule has 0 fully saturated rings. The molecule has 1 amide bonds. The predicted molar refractivity (Wildman–Crippen MR) is 63.7 cm³/mol. The zero-order valence-corrected chi connectivity index (χ0v) is 11.2. The van der Waals surface area contributed by atoms with Crippen LogP contribution in [0.1, 0.15) is 16.2 Å². The van der Waals surface area contributed by atoms with E-state index in [2.05, 4.69) is 19.0 Å². The Bertz CT molecular complexity index is 549. The van der Waals surface area contributed by atoms with Crippen molar-refractivity contribution in [3.8, 4) is 0 Å². The Kier molecular flexibility index (Phi) is 5.02. The third-order valence-corrected chi connectivity index (χ3v) is 2.38. The molecule has 0 radical (unpaired) electrons. The van der Waals surface area contributed by atoms with E-state index in [0.29, 0.717) is 0 Å². The number of carbonyl (C=O) groups is 3. The van der Waals surface area contributed by atoms with Gasteiger partial charge in [-0.2, -0.15) is 0 Å². The van der Waals surface area contributed by atoms with Crippen molar-refractivity contribution in [2.45, 2.75) is 6.92 Å². The summed E-state index contributed by atoms with van der Waals surface area (Å²) in [7, 11) is 1.02. The summed E-state index contributed by atoms with van der Waals surface area (Å²) >= 11 is 10.6. The largest absolute Gasteiger partial charge is 0.462 e. The average molecular weight is 308 g/mol. The highest BCUT2D eigenvalue weighted by Crippen LogP contribution is 2.18. The number of aromatic nitrogens is 2. The fraction of sp³-hybridized carbons (Fsp3) is 0.222. The zero-order chi connectivity index (χ0) is 14.6. The highest BCUT2D eigenvalue weighted by Gasteiger charge is 2.23. The van der Waals surface area contributed by atoms with Crippen molar-refractivity contribution in [1.29, 1.82) is 0 Å². The lowest BCUT2D eigenvalue weighted by Gasteiger charge is -2.08. The van der Waals surface area contributed by atoms with Gasteiger partial charge in [0.25, 0.3) is 0 Å². The second-order valence-electron chi connectivity index (χ2n) is 3.11. The van der Waals surface area contributed by atoms with Crippen molar-refractivity contribution in [2.75, 3.05) is 12.4 Å². The third-order valence-electron chi connectivity index (χ3n) is 1.88. The van der Waals surface area contributed by atoms with Crippen molar-refractivity contribution in [3.05, 3.63) is 16.5 Å². The minimum absolute atomic E-state index is 0.0636. The molecule has 8 nitrogen and oxygen atoms in total. The number of halogens is 2. The van der Waals surface area contributed by atoms with Crippen LogP contribution >= 0.6 is 23.5 Å². The maximum absolute atomic E-state index is 11.4. The van der Waals surface area contributed by atoms with Crippen LogP contribution in [0.25, 0.3) is 0 Å². The molecule has 0 aromatic carbocycles. The Morgan fingerprint density at radius 2 is 1.89 bits per heavy atom. The molecule has 0 saturated carbocycles. The van der Waals surface area contributed by atoms with Crippen LogP contribution < -0.4 is 5.32 Å². The Balaban J connectivity index is 3.18. The molecule has 102 valence electrons. The molecular formula is C9H7Cl2N3O5. The molecule has 1 aromatic heterocycles. The van der Waals surface area contributed by atoms with Gasteiger partial charge in [0, 0.05) is 0 Å². The first kappa shape index (κ1) is 15.1. The Labute approximate surface area is 117 Å². The van der Waals surface area contributed by atoms with E-state index in [0.717, 1.165) is 7.11 Å². The molecule has 0 spiro atoms. The summed E-state index contributed by atoms with van der Waals surface area (Å²) in [6.45, 7) is 1.48. The first-order chi connectivity index (χ1) is 8.90. The van der Waals surface area contributed by atoms with Gasteiger partial charge in [-0.1, -0.05) is 11.6 Å². The second kappa shape index (κ2) is 6.30. The first-order valence-corrected chi connectivity index (χ1v) is 5.35. The lowest BCUT2D eigenvalue weighted by molar-refractivity contribution is -0.150.